The Bertz CT molecular complexity index is 849. The lowest BCUT2D eigenvalue weighted by Crippen LogP contribution is -2.15. The predicted octanol–water partition coefficient (Wildman–Crippen LogP) is 2.02. The van der Waals surface area contributed by atoms with E-state index in [9.17, 15) is 4.79 Å². The summed E-state index contributed by atoms with van der Waals surface area (Å²) in [5, 5.41) is 24.9. The van der Waals surface area contributed by atoms with Gasteiger partial charge < -0.3 is 10.1 Å². The van der Waals surface area contributed by atoms with Gasteiger partial charge in [0.2, 0.25) is 11.0 Å². The summed E-state index contributed by atoms with van der Waals surface area (Å²) in [6.07, 6.45) is 0. The molecule has 0 aliphatic carbocycles. The lowest BCUT2D eigenvalue weighted by molar-refractivity contribution is -0.144. The third kappa shape index (κ3) is 4.70. The van der Waals surface area contributed by atoms with Gasteiger partial charge >= 0.3 is 5.97 Å². The van der Waals surface area contributed by atoms with Gasteiger partial charge in [0, 0.05) is 11.6 Å². The summed E-state index contributed by atoms with van der Waals surface area (Å²) in [6.45, 7) is 2.54. The van der Waals surface area contributed by atoms with Gasteiger partial charge in [-0.25, -0.2) is 4.79 Å². The number of carbonyl (C=O) groups excluding carboxylic acids is 1. The molecule has 0 spiro atoms. The number of esters is 1. The number of tetrazole rings is 1. The summed E-state index contributed by atoms with van der Waals surface area (Å²) in [5.74, 6) is -0.115. The van der Waals surface area contributed by atoms with E-state index in [0.29, 0.717) is 34.1 Å². The van der Waals surface area contributed by atoms with Crippen molar-refractivity contribution in [1.82, 2.24) is 30.4 Å². The molecular formula is C14H14ClN7O2S. The van der Waals surface area contributed by atoms with Crippen LogP contribution in [0.2, 0.25) is 5.02 Å². The number of ether oxygens (including phenoxy) is 1. The molecule has 0 saturated carbocycles. The number of halogens is 1. The number of benzene rings is 1. The molecule has 1 aromatic carbocycles. The van der Waals surface area contributed by atoms with Crippen LogP contribution < -0.4 is 5.32 Å². The van der Waals surface area contributed by atoms with Crippen LogP contribution >= 0.6 is 22.9 Å². The average Bonchev–Trinajstić information content (AvgIpc) is 3.24. The minimum atomic E-state index is -0.422. The van der Waals surface area contributed by atoms with E-state index in [4.69, 9.17) is 16.3 Å². The van der Waals surface area contributed by atoms with Crippen LogP contribution in [0.1, 0.15) is 12.5 Å². The van der Waals surface area contributed by atoms with Crippen LogP contribution in [0, 0.1) is 0 Å². The second-order valence-corrected chi connectivity index (χ2v) is 6.25. The lowest BCUT2D eigenvalue weighted by atomic mass is 10.2. The molecule has 0 fully saturated rings. The molecular weight excluding hydrogens is 366 g/mol. The third-order valence-corrected chi connectivity index (χ3v) is 4.13. The summed E-state index contributed by atoms with van der Waals surface area (Å²) in [4.78, 5) is 12.6. The fourth-order valence-electron chi connectivity index (χ4n) is 1.88. The minimum Gasteiger partial charge on any atom is -0.465 e. The molecule has 2 aromatic heterocycles. The molecule has 0 aliphatic heterocycles. The topological polar surface area (TPSA) is 108 Å². The fraction of sp³-hybridized carbons (Fsp3) is 0.286. The molecule has 1 N–H and O–H groups in total. The van der Waals surface area contributed by atoms with E-state index >= 15 is 0 Å². The maximum absolute atomic E-state index is 11.4. The molecule has 0 bridgehead atoms. The van der Waals surface area contributed by atoms with Crippen molar-refractivity contribution in [2.45, 2.75) is 20.0 Å². The Labute approximate surface area is 152 Å². The smallest absolute Gasteiger partial charge is 0.329 e. The van der Waals surface area contributed by atoms with E-state index < -0.39 is 5.97 Å². The zero-order valence-electron chi connectivity index (χ0n) is 13.2. The van der Waals surface area contributed by atoms with Gasteiger partial charge in [0.1, 0.15) is 0 Å². The second-order valence-electron chi connectivity index (χ2n) is 4.84. The van der Waals surface area contributed by atoms with Gasteiger partial charge in [-0.2, -0.15) is 4.80 Å². The molecule has 0 amide bonds. The van der Waals surface area contributed by atoms with E-state index in [1.165, 1.54) is 11.3 Å². The molecule has 0 unspecified atom stereocenters. The summed E-state index contributed by atoms with van der Waals surface area (Å²) >= 11 is 7.16. The maximum atomic E-state index is 11.4. The van der Waals surface area contributed by atoms with E-state index in [1.54, 1.807) is 6.92 Å². The highest BCUT2D eigenvalue weighted by Gasteiger charge is 2.14. The van der Waals surface area contributed by atoms with E-state index in [0.717, 1.165) is 10.4 Å². The van der Waals surface area contributed by atoms with Crippen LogP contribution in [0.3, 0.4) is 0 Å². The van der Waals surface area contributed by atoms with Crippen molar-refractivity contribution in [3.05, 3.63) is 34.9 Å². The van der Waals surface area contributed by atoms with Gasteiger partial charge in [0.25, 0.3) is 0 Å². The fourth-order valence-corrected chi connectivity index (χ4v) is 2.67. The van der Waals surface area contributed by atoms with E-state index in [1.807, 2.05) is 24.3 Å². The van der Waals surface area contributed by atoms with Crippen LogP contribution in [0.25, 0.3) is 10.8 Å². The average molecular weight is 380 g/mol. The first-order valence-electron chi connectivity index (χ1n) is 7.39. The molecule has 130 valence electrons. The molecule has 0 saturated heterocycles. The van der Waals surface area contributed by atoms with E-state index in [2.05, 4.69) is 30.9 Å². The molecule has 3 aromatic rings. The van der Waals surface area contributed by atoms with Gasteiger partial charge in [-0.3, -0.25) is 0 Å². The van der Waals surface area contributed by atoms with Gasteiger partial charge in [-0.15, -0.1) is 20.4 Å². The number of anilines is 1. The van der Waals surface area contributed by atoms with Gasteiger partial charge in [0.15, 0.2) is 11.6 Å². The molecule has 11 heteroatoms. The second kappa shape index (κ2) is 7.99. The van der Waals surface area contributed by atoms with Gasteiger partial charge in [-0.1, -0.05) is 35.1 Å². The lowest BCUT2D eigenvalue weighted by Gasteiger charge is -2.01. The number of rotatable bonds is 7. The number of aromatic nitrogens is 6. The van der Waals surface area contributed by atoms with E-state index in [-0.39, 0.29) is 6.54 Å². The number of nitrogens with one attached hydrogen (secondary N) is 1. The van der Waals surface area contributed by atoms with Crippen LogP contribution in [0.15, 0.2) is 24.3 Å². The molecule has 3 rings (SSSR count). The summed E-state index contributed by atoms with van der Waals surface area (Å²) in [6, 6.07) is 7.52. The molecule has 25 heavy (non-hydrogen) atoms. The Morgan fingerprint density at radius 1 is 1.28 bits per heavy atom. The highest BCUT2D eigenvalue weighted by molar-refractivity contribution is 7.18. The molecule has 0 atom stereocenters. The first kappa shape index (κ1) is 17.2. The van der Waals surface area contributed by atoms with Crippen molar-refractivity contribution >= 4 is 34.0 Å². The van der Waals surface area contributed by atoms with Crippen LogP contribution in [0.5, 0.6) is 0 Å². The molecule has 0 radical (unpaired) electrons. The van der Waals surface area contributed by atoms with Gasteiger partial charge in [0.05, 0.1) is 6.61 Å². The van der Waals surface area contributed by atoms with Crippen LogP contribution in [-0.2, 0) is 22.6 Å². The minimum absolute atomic E-state index is 0.0959. The Hall–Kier alpha value is -2.59. The number of carbonyl (C=O) groups is 1. The summed E-state index contributed by atoms with van der Waals surface area (Å²) in [7, 11) is 0. The summed E-state index contributed by atoms with van der Waals surface area (Å²) in [5.41, 5.74) is 1.07. The van der Waals surface area contributed by atoms with Crippen LogP contribution in [-0.4, -0.2) is 43.0 Å². The van der Waals surface area contributed by atoms with Crippen molar-refractivity contribution in [1.29, 1.82) is 0 Å². The van der Waals surface area contributed by atoms with Crippen molar-refractivity contribution in [2.75, 3.05) is 11.9 Å². The van der Waals surface area contributed by atoms with Crippen molar-refractivity contribution < 1.29 is 9.53 Å². The third-order valence-electron chi connectivity index (χ3n) is 3.00. The standard InChI is InChI=1S/C14H14ClN7O2S/c1-2-24-11(23)8-22-20-12(17-21-22)13-18-19-14(25-13)16-7-9-3-5-10(15)6-4-9/h3-6H,2,7-8H2,1H3,(H,16,19). The Morgan fingerprint density at radius 2 is 2.08 bits per heavy atom. The summed E-state index contributed by atoms with van der Waals surface area (Å²) < 4.78 is 4.84. The van der Waals surface area contributed by atoms with Crippen molar-refractivity contribution in [3.8, 4) is 10.8 Å². The SMILES string of the molecule is CCOC(=O)Cn1nnc(-c2nnc(NCc3ccc(Cl)cc3)s2)n1. The highest BCUT2D eigenvalue weighted by Crippen LogP contribution is 2.23. The predicted molar refractivity (Wildman–Crippen MR) is 92.1 cm³/mol. The number of nitrogens with zero attached hydrogens (tertiary/aromatic N) is 6. The Kier molecular flexibility index (Phi) is 5.51. The van der Waals surface area contributed by atoms with Gasteiger partial charge in [-0.05, 0) is 29.8 Å². The monoisotopic (exact) mass is 379 g/mol. The number of hydrogen-bond donors (Lipinski definition) is 1. The zero-order valence-corrected chi connectivity index (χ0v) is 14.8. The first-order chi connectivity index (χ1) is 12.1. The quantitative estimate of drug-likeness (QED) is 0.621. The normalized spacial score (nSPS) is 10.6. The molecule has 0 aliphatic rings. The van der Waals surface area contributed by atoms with Crippen LogP contribution in [0.4, 0.5) is 5.13 Å². The molecule has 2 heterocycles. The largest absolute Gasteiger partial charge is 0.465 e. The Balaban J connectivity index is 1.60. The zero-order chi connectivity index (χ0) is 17.6. The highest BCUT2D eigenvalue weighted by atomic mass is 35.5. The molecule has 9 nitrogen and oxygen atoms in total. The first-order valence-corrected chi connectivity index (χ1v) is 8.59. The Morgan fingerprint density at radius 3 is 2.84 bits per heavy atom. The van der Waals surface area contributed by atoms with Crippen molar-refractivity contribution in [2.24, 2.45) is 0 Å². The maximum Gasteiger partial charge on any atom is 0.329 e. The van der Waals surface area contributed by atoms with Crippen molar-refractivity contribution in [3.63, 3.8) is 0 Å². The number of hydrogen-bond acceptors (Lipinski definition) is 9.